The number of rotatable bonds is 3. The van der Waals surface area contributed by atoms with Gasteiger partial charge in [0.2, 0.25) is 0 Å². The molecule has 0 atom stereocenters. The van der Waals surface area contributed by atoms with Crippen LogP contribution < -0.4 is 5.32 Å². The number of aromatic nitrogens is 1. The van der Waals surface area contributed by atoms with Crippen LogP contribution in [0.2, 0.25) is 0 Å². The van der Waals surface area contributed by atoms with Crippen LogP contribution in [0, 0.1) is 26.7 Å². The van der Waals surface area contributed by atoms with E-state index in [1.54, 1.807) is 0 Å². The molecule has 0 saturated heterocycles. The number of para-hydroxylation sites is 1. The number of pyridine rings is 1. The lowest BCUT2D eigenvalue weighted by Gasteiger charge is -2.26. The normalized spacial score (nSPS) is 14.5. The van der Waals surface area contributed by atoms with Crippen LogP contribution in [0.3, 0.4) is 0 Å². The third-order valence-corrected chi connectivity index (χ3v) is 9.44. The molecular formula is C38H34N2O. The van der Waals surface area contributed by atoms with Crippen molar-refractivity contribution in [1.82, 2.24) is 4.98 Å². The second-order valence-electron chi connectivity index (χ2n) is 12.2. The van der Waals surface area contributed by atoms with E-state index in [9.17, 15) is 0 Å². The van der Waals surface area contributed by atoms with Crippen LogP contribution in [0.1, 0.15) is 47.9 Å². The van der Waals surface area contributed by atoms with Crippen molar-refractivity contribution in [2.75, 3.05) is 5.32 Å². The van der Waals surface area contributed by atoms with Crippen LogP contribution in [0.15, 0.2) is 83.4 Å². The molecule has 1 fully saturated rings. The first-order chi connectivity index (χ1) is 20.0. The standard InChI is InChI=1S/C38H34N2O/c1-22-16-23(2)38-24(3)37(22)30-19-27(33-18-26(14-15-39-33)17-25-8-4-5-9-25)12-13-32(30)40-34-21-36-29(20-31(34)38)28-10-6-7-11-35(28)41-36/h6-7,10-16,18-21,25,40H,4-5,8-9,17H2,1-3H3. The van der Waals surface area contributed by atoms with Crippen molar-refractivity contribution >= 4 is 33.3 Å². The average molecular weight is 535 g/mol. The van der Waals surface area contributed by atoms with Crippen LogP contribution in [0.5, 0.6) is 0 Å². The van der Waals surface area contributed by atoms with E-state index in [0.29, 0.717) is 0 Å². The molecule has 0 spiro atoms. The van der Waals surface area contributed by atoms with E-state index in [0.717, 1.165) is 56.9 Å². The minimum Gasteiger partial charge on any atom is -0.456 e. The van der Waals surface area contributed by atoms with Gasteiger partial charge in [-0.1, -0.05) is 56.0 Å². The average Bonchev–Trinajstić information content (AvgIpc) is 3.60. The fourth-order valence-corrected chi connectivity index (χ4v) is 7.57. The van der Waals surface area contributed by atoms with Gasteiger partial charge in [-0.3, -0.25) is 4.98 Å². The minimum atomic E-state index is 0.819. The van der Waals surface area contributed by atoms with Crippen molar-refractivity contribution in [3.8, 4) is 33.5 Å². The molecule has 3 heterocycles. The van der Waals surface area contributed by atoms with Gasteiger partial charge in [0, 0.05) is 45.4 Å². The molecule has 8 rings (SSSR count). The molecule has 1 N–H and O–H groups in total. The molecule has 1 aliphatic carbocycles. The zero-order chi connectivity index (χ0) is 27.7. The molecule has 0 amide bonds. The van der Waals surface area contributed by atoms with Gasteiger partial charge in [0.05, 0.1) is 11.4 Å². The summed E-state index contributed by atoms with van der Waals surface area (Å²) >= 11 is 0. The molecule has 2 bridgehead atoms. The third-order valence-electron chi connectivity index (χ3n) is 9.44. The Kier molecular flexibility index (Phi) is 5.57. The van der Waals surface area contributed by atoms with Crippen molar-refractivity contribution in [3.05, 3.63) is 101 Å². The fourth-order valence-electron chi connectivity index (χ4n) is 7.57. The van der Waals surface area contributed by atoms with Gasteiger partial charge in [-0.25, -0.2) is 0 Å². The van der Waals surface area contributed by atoms with Crippen molar-refractivity contribution in [2.45, 2.75) is 52.9 Å². The van der Waals surface area contributed by atoms with E-state index in [1.165, 1.54) is 70.2 Å². The van der Waals surface area contributed by atoms with Gasteiger partial charge in [-0.2, -0.15) is 0 Å². The Labute approximate surface area is 241 Å². The third kappa shape index (κ3) is 3.98. The molecule has 41 heavy (non-hydrogen) atoms. The first-order valence-corrected chi connectivity index (χ1v) is 15.0. The van der Waals surface area contributed by atoms with Gasteiger partial charge in [0.15, 0.2) is 0 Å². The number of furan rings is 1. The topological polar surface area (TPSA) is 38.1 Å². The summed E-state index contributed by atoms with van der Waals surface area (Å²) < 4.78 is 6.30. The minimum absolute atomic E-state index is 0.819. The molecule has 1 saturated carbocycles. The SMILES string of the molecule is Cc1cc(C)c2c(C)c1-c1cc(-c3cc(CC4CCCC4)ccn3)ccc1Nc1cc3oc4ccccc4c3cc1-2. The van der Waals surface area contributed by atoms with E-state index < -0.39 is 0 Å². The van der Waals surface area contributed by atoms with E-state index in [-0.39, 0.29) is 0 Å². The molecule has 2 aromatic heterocycles. The first kappa shape index (κ1) is 24.4. The number of aryl methyl sites for hydroxylation is 2. The molecule has 3 heteroatoms. The molecule has 2 aliphatic rings. The quantitative estimate of drug-likeness (QED) is 0.245. The molecule has 4 aromatic carbocycles. The highest BCUT2D eigenvalue weighted by Crippen LogP contribution is 2.48. The van der Waals surface area contributed by atoms with Crippen LogP contribution in [0.25, 0.3) is 55.4 Å². The predicted octanol–water partition coefficient (Wildman–Crippen LogP) is 10.7. The first-order valence-electron chi connectivity index (χ1n) is 15.0. The number of anilines is 2. The maximum absolute atomic E-state index is 6.30. The Hall–Kier alpha value is -4.37. The highest BCUT2D eigenvalue weighted by Gasteiger charge is 2.24. The molecule has 1 aliphatic heterocycles. The number of hydrogen-bond acceptors (Lipinski definition) is 3. The molecule has 3 nitrogen and oxygen atoms in total. The Morgan fingerprint density at radius 2 is 1.54 bits per heavy atom. The fraction of sp³-hybridized carbons (Fsp3) is 0.237. The van der Waals surface area contributed by atoms with Gasteiger partial charge in [-0.15, -0.1) is 0 Å². The molecule has 0 radical (unpaired) electrons. The second-order valence-corrected chi connectivity index (χ2v) is 12.2. The van der Waals surface area contributed by atoms with Crippen molar-refractivity contribution in [2.24, 2.45) is 5.92 Å². The van der Waals surface area contributed by atoms with Gasteiger partial charge in [0.1, 0.15) is 11.2 Å². The highest BCUT2D eigenvalue weighted by molar-refractivity contribution is 6.10. The van der Waals surface area contributed by atoms with Gasteiger partial charge in [0.25, 0.3) is 0 Å². The zero-order valence-electron chi connectivity index (χ0n) is 24.0. The van der Waals surface area contributed by atoms with Gasteiger partial charge in [-0.05, 0) is 103 Å². The summed E-state index contributed by atoms with van der Waals surface area (Å²) in [6, 6.07) is 26.5. The Morgan fingerprint density at radius 1 is 0.756 bits per heavy atom. The lowest BCUT2D eigenvalue weighted by Crippen LogP contribution is -2.05. The van der Waals surface area contributed by atoms with Crippen molar-refractivity contribution < 1.29 is 4.42 Å². The van der Waals surface area contributed by atoms with Gasteiger partial charge < -0.3 is 9.73 Å². The number of nitrogens with zero attached hydrogens (tertiary/aromatic N) is 1. The largest absolute Gasteiger partial charge is 0.456 e. The summed E-state index contributed by atoms with van der Waals surface area (Å²) in [5, 5.41) is 6.14. The Bertz CT molecular complexity index is 1990. The van der Waals surface area contributed by atoms with Crippen LogP contribution in [-0.4, -0.2) is 4.98 Å². The summed E-state index contributed by atoms with van der Waals surface area (Å²) in [5.41, 5.74) is 16.6. The maximum Gasteiger partial charge on any atom is 0.137 e. The van der Waals surface area contributed by atoms with E-state index >= 15 is 0 Å². The monoisotopic (exact) mass is 534 g/mol. The Morgan fingerprint density at radius 3 is 2.37 bits per heavy atom. The smallest absolute Gasteiger partial charge is 0.137 e. The summed E-state index contributed by atoms with van der Waals surface area (Å²) in [7, 11) is 0. The van der Waals surface area contributed by atoms with Crippen LogP contribution in [-0.2, 0) is 6.42 Å². The molecule has 6 aromatic rings. The summed E-state index contributed by atoms with van der Waals surface area (Å²) in [6.07, 6.45) is 8.63. The number of hydrogen-bond donors (Lipinski definition) is 1. The van der Waals surface area contributed by atoms with Gasteiger partial charge >= 0.3 is 0 Å². The second kappa shape index (κ2) is 9.34. The molecule has 0 unspecified atom stereocenters. The maximum atomic E-state index is 6.30. The molecule has 202 valence electrons. The summed E-state index contributed by atoms with van der Waals surface area (Å²) in [6.45, 7) is 6.76. The van der Waals surface area contributed by atoms with Crippen LogP contribution >= 0.6 is 0 Å². The summed E-state index contributed by atoms with van der Waals surface area (Å²) in [4.78, 5) is 4.82. The van der Waals surface area contributed by atoms with E-state index in [4.69, 9.17) is 9.40 Å². The highest BCUT2D eigenvalue weighted by atomic mass is 16.3. The van der Waals surface area contributed by atoms with E-state index in [1.807, 2.05) is 18.3 Å². The number of nitrogens with one attached hydrogen (secondary N) is 1. The van der Waals surface area contributed by atoms with Crippen molar-refractivity contribution in [1.29, 1.82) is 0 Å². The summed E-state index contributed by atoms with van der Waals surface area (Å²) in [5.74, 6) is 0.819. The predicted molar refractivity (Wildman–Crippen MR) is 171 cm³/mol. The number of benzene rings is 4. The van der Waals surface area contributed by atoms with Crippen LogP contribution in [0.4, 0.5) is 11.4 Å². The molecular weight excluding hydrogens is 500 g/mol. The Balaban J connectivity index is 1.30. The number of fused-ring (bicyclic) bond motifs is 9. The van der Waals surface area contributed by atoms with E-state index in [2.05, 4.69) is 86.8 Å². The zero-order valence-corrected chi connectivity index (χ0v) is 24.0. The lowest BCUT2D eigenvalue weighted by atomic mass is 9.83. The van der Waals surface area contributed by atoms with Crippen molar-refractivity contribution in [3.63, 3.8) is 0 Å². The lowest BCUT2D eigenvalue weighted by molar-refractivity contribution is 0.546.